The molecule has 0 saturated heterocycles. The number of thiophene rings is 1. The number of Topliss-reactive ketones (excluding diaryl/α,β-unsaturated/α-hetero) is 1. The van der Waals surface area contributed by atoms with E-state index in [0.29, 0.717) is 22.0 Å². The molecule has 0 spiro atoms. The number of halogens is 1. The Morgan fingerprint density at radius 3 is 2.55 bits per heavy atom. The minimum Gasteiger partial charge on any atom is -0.457 e. The lowest BCUT2D eigenvalue weighted by molar-refractivity contribution is -0.143. The van der Waals surface area contributed by atoms with Crippen LogP contribution >= 0.6 is 22.9 Å². The minimum absolute atomic E-state index is 0.169. The van der Waals surface area contributed by atoms with Crippen molar-refractivity contribution in [2.75, 3.05) is 6.61 Å². The maximum absolute atomic E-state index is 12.2. The summed E-state index contributed by atoms with van der Waals surface area (Å²) in [5.41, 5.74) is 5.69. The van der Waals surface area contributed by atoms with Crippen molar-refractivity contribution in [2.24, 2.45) is 5.73 Å². The Hall–Kier alpha value is -2.91. The highest BCUT2D eigenvalue weighted by Gasteiger charge is 2.21. The number of benzene rings is 1. The van der Waals surface area contributed by atoms with Crippen molar-refractivity contribution in [1.29, 1.82) is 0 Å². The van der Waals surface area contributed by atoms with Gasteiger partial charge in [0, 0.05) is 16.8 Å². The highest BCUT2D eigenvalue weighted by molar-refractivity contribution is 7.14. The Kier molecular flexibility index (Phi) is 8.17. The van der Waals surface area contributed by atoms with Crippen LogP contribution in [0.1, 0.15) is 39.5 Å². The van der Waals surface area contributed by atoms with Crippen molar-refractivity contribution in [1.82, 2.24) is 10.6 Å². The van der Waals surface area contributed by atoms with Crippen molar-refractivity contribution in [3.63, 3.8) is 0 Å². The molecule has 2 aromatic rings. The quantitative estimate of drug-likeness (QED) is 0.410. The van der Waals surface area contributed by atoms with Gasteiger partial charge in [-0.3, -0.25) is 14.4 Å². The number of primary amides is 1. The average Bonchev–Trinajstić information content (AvgIpc) is 3.13. The number of hydrogen-bond acceptors (Lipinski definition) is 6. The molecule has 8 nitrogen and oxygen atoms in total. The maximum Gasteiger partial charge on any atom is 0.312 e. The first-order valence-electron chi connectivity index (χ1n) is 8.58. The number of rotatable bonds is 9. The third-order valence-electron chi connectivity index (χ3n) is 3.78. The molecule has 0 bridgehead atoms. The summed E-state index contributed by atoms with van der Waals surface area (Å²) in [4.78, 5) is 47.8. The highest BCUT2D eigenvalue weighted by Crippen LogP contribution is 2.25. The van der Waals surface area contributed by atoms with Gasteiger partial charge in [-0.25, -0.2) is 4.79 Å². The second kappa shape index (κ2) is 10.6. The molecular weight excluding hydrogens is 418 g/mol. The average molecular weight is 438 g/mol. The van der Waals surface area contributed by atoms with Crippen molar-refractivity contribution in [2.45, 2.75) is 25.9 Å². The first-order valence-corrected chi connectivity index (χ1v) is 9.78. The normalized spacial score (nSPS) is 11.4. The maximum atomic E-state index is 12.2. The zero-order chi connectivity index (χ0) is 21.4. The molecule has 29 heavy (non-hydrogen) atoms. The van der Waals surface area contributed by atoms with Gasteiger partial charge in [0.25, 0.3) is 0 Å². The van der Waals surface area contributed by atoms with Gasteiger partial charge in [0.2, 0.25) is 11.7 Å². The standard InChI is InChI=1S/C19H20ClN3O5S/c1-11(24)22-9-12-6-7-17(29-12)16(25)10-28-18(26)8-15(23-19(21)27)13-4-2-3-5-14(13)20/h2-7,15H,8-10H2,1H3,(H,22,24)(H3,21,23,27)/t15-/m0/s1. The van der Waals surface area contributed by atoms with Crippen molar-refractivity contribution in [3.05, 3.63) is 56.7 Å². The number of ketones is 1. The minimum atomic E-state index is -0.816. The third kappa shape index (κ3) is 7.20. The van der Waals surface area contributed by atoms with Crippen LogP contribution in [0.4, 0.5) is 4.79 Å². The van der Waals surface area contributed by atoms with Gasteiger partial charge in [0.1, 0.15) is 0 Å². The molecule has 1 heterocycles. The van der Waals surface area contributed by atoms with Crippen LogP contribution in [0.15, 0.2) is 36.4 Å². The number of carbonyl (C=O) groups is 4. The number of urea groups is 1. The van der Waals surface area contributed by atoms with E-state index in [9.17, 15) is 19.2 Å². The molecule has 0 aliphatic carbocycles. The van der Waals surface area contributed by atoms with Crippen molar-refractivity contribution >= 4 is 46.6 Å². The van der Waals surface area contributed by atoms with E-state index in [-0.39, 0.29) is 18.1 Å². The molecule has 1 atom stereocenters. The number of esters is 1. The van der Waals surface area contributed by atoms with Gasteiger partial charge in [0.05, 0.1) is 23.9 Å². The number of nitrogens with one attached hydrogen (secondary N) is 2. The van der Waals surface area contributed by atoms with E-state index in [0.717, 1.165) is 4.88 Å². The molecule has 0 aliphatic rings. The van der Waals surface area contributed by atoms with E-state index in [2.05, 4.69) is 10.6 Å². The summed E-state index contributed by atoms with van der Waals surface area (Å²) < 4.78 is 5.05. The van der Waals surface area contributed by atoms with Gasteiger partial charge in [0.15, 0.2) is 6.61 Å². The number of ether oxygens (including phenoxy) is 1. The highest BCUT2D eigenvalue weighted by atomic mass is 35.5. The molecule has 1 aromatic carbocycles. The molecule has 0 fully saturated rings. The van der Waals surface area contributed by atoms with Gasteiger partial charge in [-0.05, 0) is 23.8 Å². The Morgan fingerprint density at radius 2 is 1.90 bits per heavy atom. The van der Waals surface area contributed by atoms with Crippen LogP contribution in [0.3, 0.4) is 0 Å². The lowest BCUT2D eigenvalue weighted by Crippen LogP contribution is -2.35. The molecule has 0 saturated carbocycles. The van der Waals surface area contributed by atoms with Gasteiger partial charge < -0.3 is 21.1 Å². The zero-order valence-corrected chi connectivity index (χ0v) is 17.1. The SMILES string of the molecule is CC(=O)NCc1ccc(C(=O)COC(=O)C[C@H](NC(N)=O)c2ccccc2Cl)s1. The third-order valence-corrected chi connectivity index (χ3v) is 5.25. The van der Waals surface area contributed by atoms with Crippen LogP contribution in [0.2, 0.25) is 5.02 Å². The van der Waals surface area contributed by atoms with Gasteiger partial charge >= 0.3 is 12.0 Å². The Morgan fingerprint density at radius 1 is 1.17 bits per heavy atom. The summed E-state index contributed by atoms with van der Waals surface area (Å²) in [5, 5.41) is 5.45. The second-order valence-corrected chi connectivity index (χ2v) is 7.62. The molecule has 0 unspecified atom stereocenters. The summed E-state index contributed by atoms with van der Waals surface area (Å²) in [6, 6.07) is 8.44. The largest absolute Gasteiger partial charge is 0.457 e. The zero-order valence-electron chi connectivity index (χ0n) is 15.6. The predicted molar refractivity (Wildman–Crippen MR) is 109 cm³/mol. The fourth-order valence-corrected chi connectivity index (χ4v) is 3.58. The Labute approximate surface area is 176 Å². The summed E-state index contributed by atoms with van der Waals surface area (Å²) in [6.45, 7) is 1.29. The van der Waals surface area contributed by atoms with Crippen LogP contribution in [0, 0.1) is 0 Å². The fraction of sp³-hybridized carbons (Fsp3) is 0.263. The number of amides is 3. The molecule has 154 valence electrons. The smallest absolute Gasteiger partial charge is 0.312 e. The van der Waals surface area contributed by atoms with Crippen molar-refractivity contribution < 1.29 is 23.9 Å². The lowest BCUT2D eigenvalue weighted by atomic mass is 10.0. The van der Waals surface area contributed by atoms with Crippen LogP contribution in [0.5, 0.6) is 0 Å². The summed E-state index contributed by atoms with van der Waals surface area (Å²) in [6.07, 6.45) is -0.238. The van der Waals surface area contributed by atoms with Crippen LogP contribution in [0.25, 0.3) is 0 Å². The molecular formula is C19H20ClN3O5S. The molecule has 10 heteroatoms. The summed E-state index contributed by atoms with van der Waals surface area (Å²) in [5.74, 6) is -1.22. The van der Waals surface area contributed by atoms with E-state index in [4.69, 9.17) is 22.1 Å². The summed E-state index contributed by atoms with van der Waals surface area (Å²) >= 11 is 7.33. The van der Waals surface area contributed by atoms with Crippen LogP contribution < -0.4 is 16.4 Å². The van der Waals surface area contributed by atoms with E-state index in [1.165, 1.54) is 18.3 Å². The predicted octanol–water partition coefficient (Wildman–Crippen LogP) is 2.56. The monoisotopic (exact) mass is 437 g/mol. The van der Waals surface area contributed by atoms with Crippen LogP contribution in [-0.4, -0.2) is 30.3 Å². The van der Waals surface area contributed by atoms with E-state index >= 15 is 0 Å². The molecule has 1 aromatic heterocycles. The molecule has 3 amide bonds. The molecule has 4 N–H and O–H groups in total. The van der Waals surface area contributed by atoms with E-state index in [1.807, 2.05) is 0 Å². The number of nitrogens with two attached hydrogens (primary N) is 1. The first kappa shape index (κ1) is 22.4. The molecule has 0 radical (unpaired) electrons. The van der Waals surface area contributed by atoms with Gasteiger partial charge in [-0.15, -0.1) is 11.3 Å². The lowest BCUT2D eigenvalue weighted by Gasteiger charge is -2.18. The van der Waals surface area contributed by atoms with E-state index in [1.54, 1.807) is 36.4 Å². The van der Waals surface area contributed by atoms with Gasteiger partial charge in [-0.2, -0.15) is 0 Å². The topological polar surface area (TPSA) is 128 Å². The number of carbonyl (C=O) groups excluding carboxylic acids is 4. The first-order chi connectivity index (χ1) is 13.8. The Bertz CT molecular complexity index is 915. The van der Waals surface area contributed by atoms with E-state index < -0.39 is 24.6 Å². The summed E-state index contributed by atoms with van der Waals surface area (Å²) in [7, 11) is 0. The fourth-order valence-electron chi connectivity index (χ4n) is 2.45. The Balaban J connectivity index is 1.93. The van der Waals surface area contributed by atoms with Crippen LogP contribution in [-0.2, 0) is 20.9 Å². The van der Waals surface area contributed by atoms with Gasteiger partial charge in [-0.1, -0.05) is 29.8 Å². The molecule has 0 aliphatic heterocycles. The second-order valence-electron chi connectivity index (χ2n) is 6.05. The molecule has 2 rings (SSSR count). The van der Waals surface area contributed by atoms with Crippen molar-refractivity contribution in [3.8, 4) is 0 Å². The number of hydrogen-bond donors (Lipinski definition) is 3.